The van der Waals surface area contributed by atoms with Crippen molar-refractivity contribution in [1.82, 2.24) is 10.2 Å². The van der Waals surface area contributed by atoms with Crippen LogP contribution in [0.25, 0.3) is 10.6 Å². The molecule has 0 bridgehead atoms. The molecule has 0 fully saturated rings. The van der Waals surface area contributed by atoms with Crippen molar-refractivity contribution in [3.05, 3.63) is 59.7 Å². The summed E-state index contributed by atoms with van der Waals surface area (Å²) in [7, 11) is 1.63. The highest BCUT2D eigenvalue weighted by molar-refractivity contribution is 7.99. The molecule has 1 heterocycles. The molecule has 0 spiro atoms. The Kier molecular flexibility index (Phi) is 6.25. The molecule has 0 atom stereocenters. The van der Waals surface area contributed by atoms with Crippen LogP contribution in [0.15, 0.2) is 48.5 Å². The molecule has 7 heteroatoms. The van der Waals surface area contributed by atoms with Gasteiger partial charge in [-0.05, 0) is 42.3 Å². The maximum absolute atomic E-state index is 12.1. The summed E-state index contributed by atoms with van der Waals surface area (Å²) in [4.78, 5) is 12.1. The molecule has 26 heavy (non-hydrogen) atoms. The molecule has 134 valence electrons. The summed E-state index contributed by atoms with van der Waals surface area (Å²) in [6.07, 6.45) is 0. The fraction of sp³-hybridized carbons (Fsp3) is 0.211. The molecule has 0 aliphatic carbocycles. The van der Waals surface area contributed by atoms with Gasteiger partial charge in [0.25, 0.3) is 0 Å². The lowest BCUT2D eigenvalue weighted by molar-refractivity contribution is -0.113. The Morgan fingerprint density at radius 3 is 2.65 bits per heavy atom. The lowest BCUT2D eigenvalue weighted by atomic mass is 10.1. The molecule has 0 unspecified atom stereocenters. The van der Waals surface area contributed by atoms with Gasteiger partial charge in [0.15, 0.2) is 0 Å². The molecule has 5 nitrogen and oxygen atoms in total. The normalized spacial score (nSPS) is 10.5. The third-order valence-corrected chi connectivity index (χ3v) is 5.63. The maximum atomic E-state index is 12.1. The second-order valence-electron chi connectivity index (χ2n) is 5.61. The molecule has 3 rings (SSSR count). The van der Waals surface area contributed by atoms with E-state index in [9.17, 15) is 4.79 Å². The van der Waals surface area contributed by atoms with Crippen LogP contribution >= 0.6 is 23.1 Å². The molecular formula is C19H19N3O2S2. The zero-order chi connectivity index (χ0) is 18.4. The van der Waals surface area contributed by atoms with Gasteiger partial charge in [0.2, 0.25) is 11.0 Å². The summed E-state index contributed by atoms with van der Waals surface area (Å²) >= 11 is 2.94. The molecule has 3 aromatic rings. The molecule has 1 aromatic heterocycles. The summed E-state index contributed by atoms with van der Waals surface area (Å²) in [6, 6.07) is 15.8. The number of benzene rings is 2. The predicted octanol–water partition coefficient (Wildman–Crippen LogP) is 4.39. The van der Waals surface area contributed by atoms with E-state index < -0.39 is 0 Å². The Labute approximate surface area is 160 Å². The van der Waals surface area contributed by atoms with E-state index in [2.05, 4.69) is 34.6 Å². The van der Waals surface area contributed by atoms with Gasteiger partial charge in [-0.25, -0.2) is 0 Å². The molecule has 1 N–H and O–H groups in total. The summed E-state index contributed by atoms with van der Waals surface area (Å²) in [5.74, 6) is 1.91. The van der Waals surface area contributed by atoms with E-state index in [0.717, 1.165) is 22.1 Å². The Hall–Kier alpha value is -2.38. The largest absolute Gasteiger partial charge is 0.497 e. The van der Waals surface area contributed by atoms with E-state index in [4.69, 9.17) is 4.74 Å². The van der Waals surface area contributed by atoms with Crippen LogP contribution in [0.1, 0.15) is 11.1 Å². The topological polar surface area (TPSA) is 64.1 Å². The molecule has 0 aliphatic rings. The number of hydrogen-bond donors (Lipinski definition) is 1. The number of carbonyl (C=O) groups is 1. The fourth-order valence-electron chi connectivity index (χ4n) is 2.31. The van der Waals surface area contributed by atoms with Crippen molar-refractivity contribution in [2.24, 2.45) is 0 Å². The highest BCUT2D eigenvalue weighted by Gasteiger charge is 2.10. The minimum atomic E-state index is -0.0685. The maximum Gasteiger partial charge on any atom is 0.236 e. The number of nitrogens with one attached hydrogen (secondary N) is 1. The number of anilines is 1. The minimum absolute atomic E-state index is 0.0685. The Balaban J connectivity index is 1.51. The van der Waals surface area contributed by atoms with Gasteiger partial charge in [0.05, 0.1) is 12.9 Å². The average Bonchev–Trinajstić information content (AvgIpc) is 3.12. The summed E-state index contributed by atoms with van der Waals surface area (Å²) in [5.41, 5.74) is 3.44. The standard InChI is InChI=1S/C19H19N3O2S2/c1-13-5-3-4-6-15(13)11-25-12-17(23)20-19-22-21-18(26-19)14-7-9-16(24-2)10-8-14/h3-10H,11-12H2,1-2H3,(H,20,22,23). The number of hydrogen-bond acceptors (Lipinski definition) is 6. The molecular weight excluding hydrogens is 366 g/mol. The monoisotopic (exact) mass is 385 g/mol. The second kappa shape index (κ2) is 8.82. The number of aryl methyl sites for hydroxylation is 1. The van der Waals surface area contributed by atoms with Gasteiger partial charge < -0.3 is 4.74 Å². The predicted molar refractivity (Wildman–Crippen MR) is 108 cm³/mol. The second-order valence-corrected chi connectivity index (χ2v) is 7.57. The number of methoxy groups -OCH3 is 1. The number of amides is 1. The van der Waals surface area contributed by atoms with E-state index in [1.807, 2.05) is 36.4 Å². The molecule has 0 aliphatic heterocycles. The van der Waals surface area contributed by atoms with Crippen LogP contribution in [-0.4, -0.2) is 29.0 Å². The smallest absolute Gasteiger partial charge is 0.236 e. The van der Waals surface area contributed by atoms with Crippen molar-refractivity contribution in [3.8, 4) is 16.3 Å². The van der Waals surface area contributed by atoms with Crippen molar-refractivity contribution < 1.29 is 9.53 Å². The van der Waals surface area contributed by atoms with Gasteiger partial charge in [-0.15, -0.1) is 22.0 Å². The van der Waals surface area contributed by atoms with E-state index in [-0.39, 0.29) is 5.91 Å². The Morgan fingerprint density at radius 2 is 1.92 bits per heavy atom. The highest BCUT2D eigenvalue weighted by Crippen LogP contribution is 2.28. The summed E-state index contributed by atoms with van der Waals surface area (Å²) < 4.78 is 5.15. The van der Waals surface area contributed by atoms with Gasteiger partial charge in [0.1, 0.15) is 10.8 Å². The van der Waals surface area contributed by atoms with Crippen LogP contribution < -0.4 is 10.1 Å². The first-order valence-electron chi connectivity index (χ1n) is 8.06. The van der Waals surface area contributed by atoms with Crippen LogP contribution in [-0.2, 0) is 10.5 Å². The van der Waals surface area contributed by atoms with E-state index in [0.29, 0.717) is 10.9 Å². The molecule has 1 amide bonds. The Morgan fingerprint density at radius 1 is 1.15 bits per heavy atom. The third-order valence-electron chi connectivity index (χ3n) is 3.76. The van der Waals surface area contributed by atoms with Crippen molar-refractivity contribution in [2.75, 3.05) is 18.2 Å². The summed E-state index contributed by atoms with van der Waals surface area (Å²) in [5, 5.41) is 12.3. The van der Waals surface area contributed by atoms with Crippen LogP contribution in [0.2, 0.25) is 0 Å². The number of aromatic nitrogens is 2. The number of rotatable bonds is 7. The number of thioether (sulfide) groups is 1. The zero-order valence-electron chi connectivity index (χ0n) is 14.6. The lowest BCUT2D eigenvalue weighted by Gasteiger charge is -2.05. The molecule has 0 saturated heterocycles. The summed E-state index contributed by atoms with van der Waals surface area (Å²) in [6.45, 7) is 2.08. The number of nitrogens with zero attached hydrogens (tertiary/aromatic N) is 2. The van der Waals surface area contributed by atoms with Gasteiger partial charge in [-0.1, -0.05) is 35.6 Å². The van der Waals surface area contributed by atoms with Crippen molar-refractivity contribution in [2.45, 2.75) is 12.7 Å². The lowest BCUT2D eigenvalue weighted by Crippen LogP contribution is -2.14. The molecule has 0 radical (unpaired) electrons. The first kappa shape index (κ1) is 18.4. The Bertz CT molecular complexity index is 879. The van der Waals surface area contributed by atoms with Crippen molar-refractivity contribution in [1.29, 1.82) is 0 Å². The van der Waals surface area contributed by atoms with Gasteiger partial charge in [0, 0.05) is 11.3 Å². The van der Waals surface area contributed by atoms with Gasteiger partial charge in [-0.3, -0.25) is 10.1 Å². The van der Waals surface area contributed by atoms with Crippen LogP contribution in [0, 0.1) is 6.92 Å². The zero-order valence-corrected chi connectivity index (χ0v) is 16.2. The van der Waals surface area contributed by atoms with E-state index >= 15 is 0 Å². The quantitative estimate of drug-likeness (QED) is 0.653. The SMILES string of the molecule is COc1ccc(-c2nnc(NC(=O)CSCc3ccccc3C)s2)cc1. The highest BCUT2D eigenvalue weighted by atomic mass is 32.2. The number of ether oxygens (including phenoxy) is 1. The van der Waals surface area contributed by atoms with Gasteiger partial charge in [-0.2, -0.15) is 0 Å². The van der Waals surface area contributed by atoms with Gasteiger partial charge >= 0.3 is 0 Å². The molecule has 2 aromatic carbocycles. The average molecular weight is 386 g/mol. The van der Waals surface area contributed by atoms with Crippen LogP contribution in [0.4, 0.5) is 5.13 Å². The first-order valence-corrected chi connectivity index (χ1v) is 10.0. The molecule has 0 saturated carbocycles. The first-order chi connectivity index (χ1) is 12.7. The fourth-order valence-corrected chi connectivity index (χ4v) is 3.97. The van der Waals surface area contributed by atoms with E-state index in [1.54, 1.807) is 18.9 Å². The van der Waals surface area contributed by atoms with E-state index in [1.165, 1.54) is 22.5 Å². The van der Waals surface area contributed by atoms with Crippen molar-refractivity contribution >= 4 is 34.1 Å². The van der Waals surface area contributed by atoms with Crippen LogP contribution in [0.3, 0.4) is 0 Å². The number of carbonyl (C=O) groups excluding carboxylic acids is 1. The van der Waals surface area contributed by atoms with Crippen molar-refractivity contribution in [3.63, 3.8) is 0 Å². The van der Waals surface area contributed by atoms with Crippen LogP contribution in [0.5, 0.6) is 5.75 Å². The third kappa shape index (κ3) is 4.83. The minimum Gasteiger partial charge on any atom is -0.497 e.